The molecule has 0 spiro atoms. The average Bonchev–Trinajstić information content (AvgIpc) is 2.37. The SMILES string of the molecule is CC(=O)c1ccc(Nc2nncc(NC(C)(C)C)n2)cc1. The number of hydrogen-bond donors (Lipinski definition) is 2. The summed E-state index contributed by atoms with van der Waals surface area (Å²) in [5.74, 6) is 1.09. The van der Waals surface area contributed by atoms with Crippen molar-refractivity contribution >= 4 is 23.2 Å². The largest absolute Gasteiger partial charge is 0.364 e. The number of carbonyl (C=O) groups is 1. The van der Waals surface area contributed by atoms with Crippen LogP contribution < -0.4 is 10.6 Å². The summed E-state index contributed by atoms with van der Waals surface area (Å²) in [6.45, 7) is 7.67. The number of rotatable bonds is 4. The molecule has 0 aliphatic carbocycles. The zero-order valence-corrected chi connectivity index (χ0v) is 12.6. The summed E-state index contributed by atoms with van der Waals surface area (Å²) in [6.07, 6.45) is 1.58. The normalized spacial score (nSPS) is 11.0. The Hall–Kier alpha value is -2.50. The minimum Gasteiger partial charge on any atom is -0.364 e. The van der Waals surface area contributed by atoms with Gasteiger partial charge < -0.3 is 10.6 Å². The second-order valence-electron chi connectivity index (χ2n) is 5.80. The van der Waals surface area contributed by atoms with E-state index < -0.39 is 0 Å². The highest BCUT2D eigenvalue weighted by molar-refractivity contribution is 5.94. The highest BCUT2D eigenvalue weighted by Gasteiger charge is 2.11. The number of benzene rings is 1. The maximum Gasteiger partial charge on any atom is 0.249 e. The van der Waals surface area contributed by atoms with Gasteiger partial charge in [0, 0.05) is 16.8 Å². The Morgan fingerprint density at radius 3 is 2.38 bits per heavy atom. The fraction of sp³-hybridized carbons (Fsp3) is 0.333. The monoisotopic (exact) mass is 285 g/mol. The number of carbonyl (C=O) groups excluding carboxylic acids is 1. The van der Waals surface area contributed by atoms with Gasteiger partial charge in [-0.1, -0.05) is 0 Å². The predicted molar refractivity (Wildman–Crippen MR) is 82.9 cm³/mol. The molecule has 0 bridgehead atoms. The molecule has 1 aromatic carbocycles. The van der Waals surface area contributed by atoms with Crippen molar-refractivity contribution < 1.29 is 4.79 Å². The molecule has 0 amide bonds. The smallest absolute Gasteiger partial charge is 0.249 e. The van der Waals surface area contributed by atoms with E-state index in [1.54, 1.807) is 18.3 Å². The van der Waals surface area contributed by atoms with E-state index in [1.807, 2.05) is 32.9 Å². The number of nitrogens with one attached hydrogen (secondary N) is 2. The number of anilines is 3. The maximum atomic E-state index is 11.2. The summed E-state index contributed by atoms with van der Waals surface area (Å²) in [6, 6.07) is 7.14. The van der Waals surface area contributed by atoms with Crippen LogP contribution in [-0.2, 0) is 0 Å². The number of nitrogens with zero attached hydrogens (tertiary/aromatic N) is 3. The van der Waals surface area contributed by atoms with E-state index in [1.165, 1.54) is 6.92 Å². The van der Waals surface area contributed by atoms with Crippen molar-refractivity contribution in [2.75, 3.05) is 10.6 Å². The van der Waals surface area contributed by atoms with Gasteiger partial charge in [-0.05, 0) is 52.0 Å². The highest BCUT2D eigenvalue weighted by Crippen LogP contribution is 2.16. The molecule has 0 radical (unpaired) electrons. The Morgan fingerprint density at radius 2 is 1.81 bits per heavy atom. The van der Waals surface area contributed by atoms with Gasteiger partial charge in [-0.15, -0.1) is 5.10 Å². The van der Waals surface area contributed by atoms with Crippen LogP contribution in [0.2, 0.25) is 0 Å². The molecule has 2 N–H and O–H groups in total. The van der Waals surface area contributed by atoms with Gasteiger partial charge in [0.25, 0.3) is 0 Å². The van der Waals surface area contributed by atoms with Crippen LogP contribution in [0.4, 0.5) is 17.5 Å². The third-order valence-corrected chi connectivity index (χ3v) is 2.61. The molecule has 2 aromatic rings. The van der Waals surface area contributed by atoms with E-state index in [0.29, 0.717) is 17.3 Å². The predicted octanol–water partition coefficient (Wildman–Crippen LogP) is 3.03. The molecule has 0 atom stereocenters. The van der Waals surface area contributed by atoms with Crippen molar-refractivity contribution in [2.24, 2.45) is 0 Å². The lowest BCUT2D eigenvalue weighted by Crippen LogP contribution is -2.27. The molecule has 2 rings (SSSR count). The topological polar surface area (TPSA) is 79.8 Å². The van der Waals surface area contributed by atoms with E-state index in [-0.39, 0.29) is 11.3 Å². The van der Waals surface area contributed by atoms with Crippen LogP contribution >= 0.6 is 0 Å². The molecule has 0 aliphatic rings. The van der Waals surface area contributed by atoms with Gasteiger partial charge in [-0.25, -0.2) is 0 Å². The van der Waals surface area contributed by atoms with Crippen LogP contribution in [0.1, 0.15) is 38.1 Å². The fourth-order valence-electron chi connectivity index (χ4n) is 1.72. The fourth-order valence-corrected chi connectivity index (χ4v) is 1.72. The first-order valence-corrected chi connectivity index (χ1v) is 6.69. The lowest BCUT2D eigenvalue weighted by molar-refractivity contribution is 0.101. The van der Waals surface area contributed by atoms with Crippen LogP contribution in [-0.4, -0.2) is 26.5 Å². The van der Waals surface area contributed by atoms with Crippen LogP contribution in [0, 0.1) is 0 Å². The number of hydrogen-bond acceptors (Lipinski definition) is 6. The van der Waals surface area contributed by atoms with Crippen molar-refractivity contribution in [2.45, 2.75) is 33.2 Å². The second-order valence-corrected chi connectivity index (χ2v) is 5.80. The van der Waals surface area contributed by atoms with Gasteiger partial charge in [0.05, 0.1) is 6.20 Å². The van der Waals surface area contributed by atoms with Gasteiger partial charge in [0.15, 0.2) is 11.6 Å². The maximum absolute atomic E-state index is 11.2. The average molecular weight is 285 g/mol. The molecule has 0 unspecified atom stereocenters. The van der Waals surface area contributed by atoms with Crippen molar-refractivity contribution in [3.8, 4) is 0 Å². The van der Waals surface area contributed by atoms with E-state index in [0.717, 1.165) is 5.69 Å². The summed E-state index contributed by atoms with van der Waals surface area (Å²) in [4.78, 5) is 15.6. The summed E-state index contributed by atoms with van der Waals surface area (Å²) < 4.78 is 0. The standard InChI is InChI=1S/C15H19N5O/c1-10(21)11-5-7-12(8-6-11)17-14-18-13(9-16-20-14)19-15(2,3)4/h5-9H,1-4H3,(H2,17,18,19,20). The Morgan fingerprint density at radius 1 is 1.14 bits per heavy atom. The minimum atomic E-state index is -0.101. The molecule has 0 fully saturated rings. The Balaban J connectivity index is 2.12. The number of ketones is 1. The zero-order chi connectivity index (χ0) is 15.5. The minimum absolute atomic E-state index is 0.0378. The lowest BCUT2D eigenvalue weighted by atomic mass is 10.1. The van der Waals surface area contributed by atoms with Crippen molar-refractivity contribution in [1.82, 2.24) is 15.2 Å². The van der Waals surface area contributed by atoms with Gasteiger partial charge in [0.2, 0.25) is 5.95 Å². The Kier molecular flexibility index (Phi) is 4.16. The van der Waals surface area contributed by atoms with Gasteiger partial charge in [-0.2, -0.15) is 10.1 Å². The van der Waals surface area contributed by atoms with E-state index in [4.69, 9.17) is 0 Å². The second kappa shape index (κ2) is 5.87. The molecule has 1 heterocycles. The Bertz CT molecular complexity index is 631. The van der Waals surface area contributed by atoms with Gasteiger partial charge >= 0.3 is 0 Å². The Labute approximate surface area is 124 Å². The van der Waals surface area contributed by atoms with Crippen molar-refractivity contribution in [3.63, 3.8) is 0 Å². The molecular weight excluding hydrogens is 266 g/mol. The summed E-state index contributed by atoms with van der Waals surface area (Å²) in [5.41, 5.74) is 1.37. The summed E-state index contributed by atoms with van der Waals surface area (Å²) in [5, 5.41) is 14.2. The molecule has 6 heteroatoms. The quantitative estimate of drug-likeness (QED) is 0.840. The van der Waals surface area contributed by atoms with Crippen LogP contribution in [0.25, 0.3) is 0 Å². The third kappa shape index (κ3) is 4.52. The first-order valence-electron chi connectivity index (χ1n) is 6.69. The van der Waals surface area contributed by atoms with Crippen molar-refractivity contribution in [3.05, 3.63) is 36.0 Å². The molecule has 1 aromatic heterocycles. The van der Waals surface area contributed by atoms with E-state index in [2.05, 4.69) is 25.8 Å². The van der Waals surface area contributed by atoms with Crippen LogP contribution in [0.5, 0.6) is 0 Å². The van der Waals surface area contributed by atoms with E-state index >= 15 is 0 Å². The molecule has 110 valence electrons. The number of aromatic nitrogens is 3. The molecule has 0 saturated carbocycles. The molecule has 0 aliphatic heterocycles. The van der Waals surface area contributed by atoms with Gasteiger partial charge in [0.1, 0.15) is 0 Å². The lowest BCUT2D eigenvalue weighted by Gasteiger charge is -2.20. The van der Waals surface area contributed by atoms with Crippen LogP contribution in [0.3, 0.4) is 0 Å². The zero-order valence-electron chi connectivity index (χ0n) is 12.6. The molecule has 21 heavy (non-hydrogen) atoms. The molecule has 6 nitrogen and oxygen atoms in total. The highest BCUT2D eigenvalue weighted by atomic mass is 16.1. The molecular formula is C15H19N5O. The summed E-state index contributed by atoms with van der Waals surface area (Å²) in [7, 11) is 0. The summed E-state index contributed by atoms with van der Waals surface area (Å²) >= 11 is 0. The first-order chi connectivity index (χ1) is 9.83. The first kappa shape index (κ1) is 14.9. The van der Waals surface area contributed by atoms with Gasteiger partial charge in [-0.3, -0.25) is 4.79 Å². The number of Topliss-reactive ketones (excluding diaryl/α,β-unsaturated/α-hetero) is 1. The third-order valence-electron chi connectivity index (χ3n) is 2.61. The van der Waals surface area contributed by atoms with E-state index in [9.17, 15) is 4.79 Å². The van der Waals surface area contributed by atoms with Crippen molar-refractivity contribution in [1.29, 1.82) is 0 Å². The molecule has 0 saturated heterocycles. The van der Waals surface area contributed by atoms with Crippen LogP contribution in [0.15, 0.2) is 30.5 Å².